The third-order valence-electron chi connectivity index (χ3n) is 5.57. The Morgan fingerprint density at radius 3 is 2.13 bits per heavy atom. The van der Waals surface area contributed by atoms with Crippen molar-refractivity contribution >= 4 is 17.7 Å². The molecule has 5 nitrogen and oxygen atoms in total. The van der Waals surface area contributed by atoms with Gasteiger partial charge < -0.3 is 9.84 Å². The Bertz CT molecular complexity index is 667. The molecular weight excluding hydrogens is 380 g/mol. The fraction of sp³-hybridized carbons (Fsp3) is 0.640. The average molecular weight is 419 g/mol. The smallest absolute Gasteiger partial charge is 0.307 e. The number of carboxylic acid groups (broad SMARTS) is 1. The van der Waals surface area contributed by atoms with Crippen LogP contribution >= 0.6 is 0 Å². The van der Waals surface area contributed by atoms with Crippen molar-refractivity contribution in [1.29, 1.82) is 0 Å². The molecule has 0 bridgehead atoms. The van der Waals surface area contributed by atoms with Crippen LogP contribution in [0, 0.1) is 5.92 Å². The summed E-state index contributed by atoms with van der Waals surface area (Å²) in [5, 5.41) is 9.07. The molecule has 0 spiro atoms. The summed E-state index contributed by atoms with van der Waals surface area (Å²) in [5.41, 5.74) is 1.90. The molecule has 0 aromatic heterocycles. The quantitative estimate of drug-likeness (QED) is 0.282. The molecule has 0 saturated heterocycles. The molecule has 168 valence electrons. The van der Waals surface area contributed by atoms with Crippen LogP contribution in [0.3, 0.4) is 0 Å². The predicted octanol–water partition coefficient (Wildman–Crippen LogP) is 5.52. The number of ketones is 1. The predicted molar refractivity (Wildman–Crippen MR) is 118 cm³/mol. The number of unbranched alkanes of at least 4 members (excludes halogenated alkanes) is 2. The minimum atomic E-state index is -0.828. The molecule has 5 heteroatoms. The zero-order valence-electron chi connectivity index (χ0n) is 18.8. The van der Waals surface area contributed by atoms with E-state index in [2.05, 4.69) is 6.92 Å². The van der Waals surface area contributed by atoms with Crippen LogP contribution in [0.15, 0.2) is 24.3 Å². The number of Topliss-reactive ketones (excluding diaryl/α,β-unsaturated/α-hetero) is 1. The van der Waals surface area contributed by atoms with E-state index in [1.54, 1.807) is 6.92 Å². The van der Waals surface area contributed by atoms with Gasteiger partial charge in [0.1, 0.15) is 11.9 Å². The SMILES string of the molecule is CCCCCC(CCCC(CCCc1ccccc1CC(=O)O)C(C)=O)OC(C)=O. The summed E-state index contributed by atoms with van der Waals surface area (Å²) in [5.74, 6) is -0.862. The average Bonchev–Trinajstić information content (AvgIpc) is 2.67. The summed E-state index contributed by atoms with van der Waals surface area (Å²) in [7, 11) is 0. The number of ether oxygens (including phenoxy) is 1. The van der Waals surface area contributed by atoms with Gasteiger partial charge in [0.2, 0.25) is 0 Å². The highest BCUT2D eigenvalue weighted by Gasteiger charge is 2.17. The number of hydrogen-bond acceptors (Lipinski definition) is 4. The Hall–Kier alpha value is -2.17. The van der Waals surface area contributed by atoms with E-state index in [4.69, 9.17) is 9.84 Å². The molecular formula is C25H38O5. The molecule has 0 saturated carbocycles. The van der Waals surface area contributed by atoms with Crippen molar-refractivity contribution < 1.29 is 24.2 Å². The van der Waals surface area contributed by atoms with Gasteiger partial charge in [0.05, 0.1) is 6.42 Å². The zero-order chi connectivity index (χ0) is 22.4. The third-order valence-corrected chi connectivity index (χ3v) is 5.57. The Morgan fingerprint density at radius 2 is 1.53 bits per heavy atom. The van der Waals surface area contributed by atoms with Crippen LogP contribution in [-0.4, -0.2) is 28.9 Å². The standard InChI is InChI=1S/C25H38O5/c1-4-5-6-16-24(30-20(3)27)17-10-14-21(19(2)26)13-9-15-22-11-7-8-12-23(22)18-25(28)29/h7-8,11-12,21,24H,4-6,9-10,13-18H2,1-3H3,(H,28,29). The molecule has 0 radical (unpaired) electrons. The number of benzene rings is 1. The number of carboxylic acids is 1. The van der Waals surface area contributed by atoms with Crippen molar-refractivity contribution in [3.63, 3.8) is 0 Å². The van der Waals surface area contributed by atoms with Crippen molar-refractivity contribution in [3.8, 4) is 0 Å². The Kier molecular flexibility index (Phi) is 12.7. The summed E-state index contributed by atoms with van der Waals surface area (Å²) >= 11 is 0. The van der Waals surface area contributed by atoms with Gasteiger partial charge in [-0.05, 0) is 69.4 Å². The highest BCUT2D eigenvalue weighted by molar-refractivity contribution is 5.78. The first-order chi connectivity index (χ1) is 14.3. The molecule has 1 N–H and O–H groups in total. The lowest BCUT2D eigenvalue weighted by Gasteiger charge is -2.19. The first-order valence-electron chi connectivity index (χ1n) is 11.3. The van der Waals surface area contributed by atoms with Crippen LogP contribution in [0.5, 0.6) is 0 Å². The van der Waals surface area contributed by atoms with Crippen LogP contribution < -0.4 is 0 Å². The first-order valence-corrected chi connectivity index (χ1v) is 11.3. The van der Waals surface area contributed by atoms with Crippen molar-refractivity contribution in [2.24, 2.45) is 5.92 Å². The second-order valence-corrected chi connectivity index (χ2v) is 8.20. The summed E-state index contributed by atoms with van der Waals surface area (Å²) < 4.78 is 5.45. The van der Waals surface area contributed by atoms with Gasteiger partial charge in [-0.15, -0.1) is 0 Å². The van der Waals surface area contributed by atoms with Crippen LogP contribution in [0.1, 0.15) is 89.7 Å². The van der Waals surface area contributed by atoms with Crippen molar-refractivity contribution in [2.75, 3.05) is 0 Å². The third kappa shape index (κ3) is 11.1. The molecule has 0 fully saturated rings. The lowest BCUT2D eigenvalue weighted by atomic mass is 9.90. The fourth-order valence-corrected chi connectivity index (χ4v) is 3.94. The molecule has 0 amide bonds. The van der Waals surface area contributed by atoms with Gasteiger partial charge >= 0.3 is 11.9 Å². The van der Waals surface area contributed by atoms with Gasteiger partial charge in [-0.1, -0.05) is 44.0 Å². The summed E-state index contributed by atoms with van der Waals surface area (Å²) in [6.45, 7) is 5.25. The molecule has 0 aliphatic rings. The van der Waals surface area contributed by atoms with Crippen LogP contribution in [0.25, 0.3) is 0 Å². The van der Waals surface area contributed by atoms with Gasteiger partial charge in [-0.25, -0.2) is 0 Å². The summed E-state index contributed by atoms with van der Waals surface area (Å²) in [4.78, 5) is 34.5. The van der Waals surface area contributed by atoms with Crippen LogP contribution in [0.4, 0.5) is 0 Å². The van der Waals surface area contributed by atoms with E-state index in [1.807, 2.05) is 24.3 Å². The summed E-state index contributed by atoms with van der Waals surface area (Å²) in [6.07, 6.45) is 9.09. The van der Waals surface area contributed by atoms with E-state index in [1.165, 1.54) is 6.92 Å². The van der Waals surface area contributed by atoms with Gasteiger partial charge in [0.15, 0.2) is 0 Å². The Balaban J connectivity index is 2.50. The number of aliphatic carboxylic acids is 1. The van der Waals surface area contributed by atoms with E-state index in [0.29, 0.717) is 0 Å². The van der Waals surface area contributed by atoms with E-state index >= 15 is 0 Å². The molecule has 0 aliphatic heterocycles. The maximum atomic E-state index is 12.1. The Labute approximate surface area is 181 Å². The maximum absolute atomic E-state index is 12.1. The van der Waals surface area contributed by atoms with Crippen LogP contribution in [0.2, 0.25) is 0 Å². The topological polar surface area (TPSA) is 80.7 Å². The molecule has 1 rings (SSSR count). The van der Waals surface area contributed by atoms with E-state index in [0.717, 1.165) is 75.3 Å². The largest absolute Gasteiger partial charge is 0.481 e. The van der Waals surface area contributed by atoms with E-state index in [9.17, 15) is 14.4 Å². The fourth-order valence-electron chi connectivity index (χ4n) is 3.94. The Morgan fingerprint density at radius 1 is 0.900 bits per heavy atom. The van der Waals surface area contributed by atoms with Crippen LogP contribution in [-0.2, 0) is 32.0 Å². The number of aryl methyl sites for hydroxylation is 1. The highest BCUT2D eigenvalue weighted by Crippen LogP contribution is 2.22. The van der Waals surface area contributed by atoms with E-state index in [-0.39, 0.29) is 30.2 Å². The van der Waals surface area contributed by atoms with E-state index < -0.39 is 5.97 Å². The maximum Gasteiger partial charge on any atom is 0.307 e. The lowest BCUT2D eigenvalue weighted by molar-refractivity contribution is -0.147. The number of carbonyl (C=O) groups is 3. The zero-order valence-corrected chi connectivity index (χ0v) is 18.8. The molecule has 2 unspecified atom stereocenters. The molecule has 1 aromatic carbocycles. The number of rotatable bonds is 16. The van der Waals surface area contributed by atoms with Crippen molar-refractivity contribution in [2.45, 2.75) is 97.5 Å². The van der Waals surface area contributed by atoms with Gasteiger partial charge in [-0.2, -0.15) is 0 Å². The van der Waals surface area contributed by atoms with Crippen molar-refractivity contribution in [3.05, 3.63) is 35.4 Å². The van der Waals surface area contributed by atoms with Crippen molar-refractivity contribution in [1.82, 2.24) is 0 Å². The molecule has 0 aliphatic carbocycles. The lowest BCUT2D eigenvalue weighted by Crippen LogP contribution is -2.18. The second-order valence-electron chi connectivity index (χ2n) is 8.20. The minimum absolute atomic E-state index is 0.00487. The number of hydrogen-bond donors (Lipinski definition) is 1. The van der Waals surface area contributed by atoms with Gasteiger partial charge in [0.25, 0.3) is 0 Å². The molecule has 30 heavy (non-hydrogen) atoms. The van der Waals surface area contributed by atoms with Gasteiger partial charge in [0, 0.05) is 12.8 Å². The number of carbonyl (C=O) groups excluding carboxylic acids is 2. The molecule has 1 aromatic rings. The normalized spacial score (nSPS) is 12.9. The van der Waals surface area contributed by atoms with Gasteiger partial charge in [-0.3, -0.25) is 14.4 Å². The monoisotopic (exact) mass is 418 g/mol. The minimum Gasteiger partial charge on any atom is -0.481 e. The number of esters is 1. The molecule has 0 heterocycles. The molecule has 2 atom stereocenters. The summed E-state index contributed by atoms with van der Waals surface area (Å²) in [6, 6.07) is 7.62. The second kappa shape index (κ2) is 14.8. The first kappa shape index (κ1) is 25.9. The highest BCUT2D eigenvalue weighted by atomic mass is 16.5.